The van der Waals surface area contributed by atoms with Crippen LogP contribution in [0.1, 0.15) is 0 Å². The predicted molar refractivity (Wildman–Crippen MR) is 51.7 cm³/mol. The maximum Gasteiger partial charge on any atom is 0.177 e. The van der Waals surface area contributed by atoms with Gasteiger partial charge in [0, 0.05) is 5.69 Å². The van der Waals surface area contributed by atoms with E-state index in [1.807, 2.05) is 0 Å². The molecular formula is C8H10BrNO2. The molecule has 4 heteroatoms. The van der Waals surface area contributed by atoms with Crippen LogP contribution in [0.25, 0.3) is 0 Å². The van der Waals surface area contributed by atoms with Crippen molar-refractivity contribution in [3.8, 4) is 11.5 Å². The first-order valence-electron chi connectivity index (χ1n) is 3.36. The summed E-state index contributed by atoms with van der Waals surface area (Å²) in [4.78, 5) is 0. The molecule has 0 spiro atoms. The Labute approximate surface area is 79.6 Å². The highest BCUT2D eigenvalue weighted by atomic mass is 79.9. The van der Waals surface area contributed by atoms with Gasteiger partial charge in [-0.1, -0.05) is 0 Å². The third-order valence-electron chi connectivity index (χ3n) is 1.51. The van der Waals surface area contributed by atoms with Gasteiger partial charge in [0.2, 0.25) is 0 Å². The molecule has 0 aliphatic carbocycles. The van der Waals surface area contributed by atoms with Crippen molar-refractivity contribution in [2.45, 2.75) is 0 Å². The molecule has 12 heavy (non-hydrogen) atoms. The number of hydrogen-bond donors (Lipinski definition) is 1. The molecule has 0 aliphatic heterocycles. The fourth-order valence-electron chi connectivity index (χ4n) is 0.905. The Morgan fingerprint density at radius 2 is 1.92 bits per heavy atom. The largest absolute Gasteiger partial charge is 0.493 e. The van der Waals surface area contributed by atoms with E-state index in [0.717, 1.165) is 4.47 Å². The van der Waals surface area contributed by atoms with Crippen molar-refractivity contribution in [2.75, 3.05) is 20.0 Å². The third-order valence-corrected chi connectivity index (χ3v) is 2.33. The number of halogens is 1. The smallest absolute Gasteiger partial charge is 0.177 e. The average Bonchev–Trinajstić information content (AvgIpc) is 2.09. The Morgan fingerprint density at radius 1 is 1.25 bits per heavy atom. The maximum atomic E-state index is 5.64. The van der Waals surface area contributed by atoms with Crippen molar-refractivity contribution in [3.63, 3.8) is 0 Å². The van der Waals surface area contributed by atoms with Gasteiger partial charge < -0.3 is 15.2 Å². The first-order chi connectivity index (χ1) is 5.70. The zero-order chi connectivity index (χ0) is 9.14. The van der Waals surface area contributed by atoms with Crippen molar-refractivity contribution in [1.82, 2.24) is 0 Å². The van der Waals surface area contributed by atoms with Crippen LogP contribution in [0.2, 0.25) is 0 Å². The highest BCUT2D eigenvalue weighted by Crippen LogP contribution is 2.38. The molecule has 0 amide bonds. The van der Waals surface area contributed by atoms with Crippen molar-refractivity contribution in [1.29, 1.82) is 0 Å². The molecule has 1 rings (SSSR count). The summed E-state index contributed by atoms with van der Waals surface area (Å²) < 4.78 is 10.9. The molecule has 0 radical (unpaired) electrons. The van der Waals surface area contributed by atoms with E-state index >= 15 is 0 Å². The van der Waals surface area contributed by atoms with E-state index in [2.05, 4.69) is 15.9 Å². The van der Waals surface area contributed by atoms with E-state index in [4.69, 9.17) is 15.2 Å². The van der Waals surface area contributed by atoms with E-state index in [-0.39, 0.29) is 0 Å². The quantitative estimate of drug-likeness (QED) is 0.793. The molecule has 0 saturated carbocycles. The van der Waals surface area contributed by atoms with Gasteiger partial charge in [-0.2, -0.15) is 0 Å². The zero-order valence-corrected chi connectivity index (χ0v) is 8.51. The molecule has 2 N–H and O–H groups in total. The number of methoxy groups -OCH3 is 2. The number of hydrogen-bond acceptors (Lipinski definition) is 3. The molecular weight excluding hydrogens is 222 g/mol. The molecule has 1 aromatic rings. The second kappa shape index (κ2) is 3.67. The van der Waals surface area contributed by atoms with Crippen LogP contribution < -0.4 is 15.2 Å². The molecule has 0 saturated heterocycles. The van der Waals surface area contributed by atoms with E-state index < -0.39 is 0 Å². The van der Waals surface area contributed by atoms with Crippen molar-refractivity contribution in [3.05, 3.63) is 16.6 Å². The first-order valence-corrected chi connectivity index (χ1v) is 4.16. The highest BCUT2D eigenvalue weighted by Gasteiger charge is 2.09. The molecule has 0 unspecified atom stereocenters. The van der Waals surface area contributed by atoms with Crippen LogP contribution in [-0.2, 0) is 0 Å². The van der Waals surface area contributed by atoms with Gasteiger partial charge >= 0.3 is 0 Å². The SMILES string of the molecule is COc1ccc(N)c(Br)c1OC. The molecule has 0 atom stereocenters. The topological polar surface area (TPSA) is 44.5 Å². The minimum atomic E-state index is 0.623. The molecule has 1 aromatic carbocycles. The van der Waals surface area contributed by atoms with Crippen molar-refractivity contribution in [2.24, 2.45) is 0 Å². The Hall–Kier alpha value is -0.900. The number of ether oxygens (including phenoxy) is 2. The highest BCUT2D eigenvalue weighted by molar-refractivity contribution is 9.10. The average molecular weight is 232 g/mol. The number of nitrogen functional groups attached to an aromatic ring is 1. The van der Waals surface area contributed by atoms with Crippen LogP contribution in [0, 0.1) is 0 Å². The predicted octanol–water partition coefficient (Wildman–Crippen LogP) is 2.05. The van der Waals surface area contributed by atoms with Crippen LogP contribution >= 0.6 is 15.9 Å². The van der Waals surface area contributed by atoms with Crippen LogP contribution in [0.5, 0.6) is 11.5 Å². The van der Waals surface area contributed by atoms with Gasteiger partial charge in [0.25, 0.3) is 0 Å². The molecule has 0 aromatic heterocycles. The molecule has 0 heterocycles. The monoisotopic (exact) mass is 231 g/mol. The van der Waals surface area contributed by atoms with Crippen molar-refractivity contribution >= 4 is 21.6 Å². The second-order valence-electron chi connectivity index (χ2n) is 2.20. The van der Waals surface area contributed by atoms with Gasteiger partial charge in [-0.05, 0) is 28.1 Å². The first kappa shape index (κ1) is 9.19. The standard InChI is InChI=1S/C8H10BrNO2/c1-11-6-4-3-5(10)7(9)8(6)12-2/h3-4H,10H2,1-2H3. The lowest BCUT2D eigenvalue weighted by Crippen LogP contribution is -1.94. The summed E-state index contributed by atoms with van der Waals surface area (Å²) in [5.41, 5.74) is 6.27. The number of anilines is 1. The van der Waals surface area contributed by atoms with E-state index in [0.29, 0.717) is 17.2 Å². The zero-order valence-electron chi connectivity index (χ0n) is 6.93. The Morgan fingerprint density at radius 3 is 2.42 bits per heavy atom. The summed E-state index contributed by atoms with van der Waals surface area (Å²) in [6, 6.07) is 3.52. The number of rotatable bonds is 2. The molecule has 66 valence electrons. The minimum Gasteiger partial charge on any atom is -0.493 e. The van der Waals surface area contributed by atoms with Crippen molar-refractivity contribution < 1.29 is 9.47 Å². The Kier molecular flexibility index (Phi) is 2.81. The normalized spacial score (nSPS) is 9.58. The summed E-state index contributed by atoms with van der Waals surface area (Å²) in [5.74, 6) is 1.29. The van der Waals surface area contributed by atoms with Gasteiger partial charge in [-0.15, -0.1) is 0 Å². The fraction of sp³-hybridized carbons (Fsp3) is 0.250. The molecule has 0 bridgehead atoms. The summed E-state index contributed by atoms with van der Waals surface area (Å²) >= 11 is 3.30. The van der Waals surface area contributed by atoms with Gasteiger partial charge in [-0.25, -0.2) is 0 Å². The lowest BCUT2D eigenvalue weighted by Gasteiger charge is -2.10. The van der Waals surface area contributed by atoms with E-state index in [1.54, 1.807) is 26.4 Å². The lowest BCUT2D eigenvalue weighted by molar-refractivity contribution is 0.353. The molecule has 0 aliphatic rings. The van der Waals surface area contributed by atoms with Gasteiger partial charge in [-0.3, -0.25) is 0 Å². The third kappa shape index (κ3) is 1.48. The van der Waals surface area contributed by atoms with E-state index in [9.17, 15) is 0 Å². The second-order valence-corrected chi connectivity index (χ2v) is 3.00. The summed E-state index contributed by atoms with van der Waals surface area (Å²) in [7, 11) is 3.16. The van der Waals surface area contributed by atoms with Gasteiger partial charge in [0.1, 0.15) is 0 Å². The minimum absolute atomic E-state index is 0.623. The van der Waals surface area contributed by atoms with Crippen LogP contribution in [0.4, 0.5) is 5.69 Å². The summed E-state index contributed by atoms with van der Waals surface area (Å²) in [6.07, 6.45) is 0. The maximum absolute atomic E-state index is 5.64. The summed E-state index contributed by atoms with van der Waals surface area (Å²) in [5, 5.41) is 0. The van der Waals surface area contributed by atoms with Gasteiger partial charge in [0.05, 0.1) is 18.7 Å². The van der Waals surface area contributed by atoms with E-state index in [1.165, 1.54) is 0 Å². The number of benzene rings is 1. The van der Waals surface area contributed by atoms with Crippen LogP contribution in [0.15, 0.2) is 16.6 Å². The Bertz CT molecular complexity index is 289. The lowest BCUT2D eigenvalue weighted by atomic mass is 10.3. The van der Waals surface area contributed by atoms with Crippen LogP contribution in [0.3, 0.4) is 0 Å². The van der Waals surface area contributed by atoms with Crippen LogP contribution in [-0.4, -0.2) is 14.2 Å². The fourth-order valence-corrected chi connectivity index (χ4v) is 1.39. The Balaban J connectivity index is 3.25. The summed E-state index contributed by atoms with van der Waals surface area (Å²) in [6.45, 7) is 0. The van der Waals surface area contributed by atoms with Gasteiger partial charge in [0.15, 0.2) is 11.5 Å². The molecule has 3 nitrogen and oxygen atoms in total. The molecule has 0 fully saturated rings. The number of nitrogens with two attached hydrogens (primary N) is 1.